The summed E-state index contributed by atoms with van der Waals surface area (Å²) in [6, 6.07) is 5.03. The van der Waals surface area contributed by atoms with Crippen LogP contribution >= 0.6 is 0 Å². The van der Waals surface area contributed by atoms with Crippen LogP contribution in [-0.2, 0) is 6.42 Å². The molecule has 1 aliphatic rings. The molecule has 0 amide bonds. The Hall–Kier alpha value is -1.95. The SMILES string of the molecule is CN1CCCC(Cc2nc3cccc(C(=O)O)n3n2)C1. The zero-order valence-corrected chi connectivity index (χ0v) is 11.5. The van der Waals surface area contributed by atoms with Gasteiger partial charge >= 0.3 is 5.97 Å². The van der Waals surface area contributed by atoms with E-state index in [-0.39, 0.29) is 5.69 Å². The van der Waals surface area contributed by atoms with Gasteiger partial charge in [-0.2, -0.15) is 5.10 Å². The maximum atomic E-state index is 11.2. The van der Waals surface area contributed by atoms with Crippen molar-refractivity contribution in [3.05, 3.63) is 29.7 Å². The first-order valence-electron chi connectivity index (χ1n) is 6.90. The molecule has 3 rings (SSSR count). The number of likely N-dealkylation sites (tertiary alicyclic amines) is 1. The van der Waals surface area contributed by atoms with Gasteiger partial charge in [0.2, 0.25) is 0 Å². The van der Waals surface area contributed by atoms with Gasteiger partial charge in [-0.25, -0.2) is 14.3 Å². The van der Waals surface area contributed by atoms with Crippen molar-refractivity contribution in [2.45, 2.75) is 19.3 Å². The lowest BCUT2D eigenvalue weighted by molar-refractivity contribution is 0.0687. The van der Waals surface area contributed by atoms with E-state index >= 15 is 0 Å². The van der Waals surface area contributed by atoms with Crippen molar-refractivity contribution in [3.63, 3.8) is 0 Å². The first-order chi connectivity index (χ1) is 9.63. The van der Waals surface area contributed by atoms with Crippen molar-refractivity contribution in [2.24, 2.45) is 5.92 Å². The number of rotatable bonds is 3. The molecule has 1 unspecified atom stereocenters. The number of pyridine rings is 1. The Bertz CT molecular complexity index is 637. The summed E-state index contributed by atoms with van der Waals surface area (Å²) in [7, 11) is 2.13. The van der Waals surface area contributed by atoms with Crippen molar-refractivity contribution in [1.82, 2.24) is 19.5 Å². The maximum Gasteiger partial charge on any atom is 0.354 e. The van der Waals surface area contributed by atoms with Gasteiger partial charge in [-0.15, -0.1) is 0 Å². The minimum absolute atomic E-state index is 0.155. The van der Waals surface area contributed by atoms with E-state index in [0.717, 1.165) is 25.3 Å². The van der Waals surface area contributed by atoms with Crippen LogP contribution in [0.2, 0.25) is 0 Å². The zero-order valence-electron chi connectivity index (χ0n) is 11.5. The Labute approximate surface area is 117 Å². The quantitative estimate of drug-likeness (QED) is 0.913. The van der Waals surface area contributed by atoms with E-state index in [0.29, 0.717) is 11.6 Å². The van der Waals surface area contributed by atoms with Crippen LogP contribution in [0.15, 0.2) is 18.2 Å². The van der Waals surface area contributed by atoms with Gasteiger partial charge in [-0.1, -0.05) is 6.07 Å². The Morgan fingerprint density at radius 1 is 1.50 bits per heavy atom. The standard InChI is InChI=1S/C14H18N4O2/c1-17-7-3-4-10(9-17)8-12-15-13-6-2-5-11(14(19)20)18(13)16-12/h2,5-6,10H,3-4,7-9H2,1H3,(H,19,20). The lowest BCUT2D eigenvalue weighted by Crippen LogP contribution is -2.33. The summed E-state index contributed by atoms with van der Waals surface area (Å²) >= 11 is 0. The van der Waals surface area contributed by atoms with E-state index in [2.05, 4.69) is 22.0 Å². The maximum absolute atomic E-state index is 11.2. The summed E-state index contributed by atoms with van der Waals surface area (Å²) in [6.07, 6.45) is 3.20. The number of carboxylic acid groups (broad SMARTS) is 1. The van der Waals surface area contributed by atoms with Crippen molar-refractivity contribution in [2.75, 3.05) is 20.1 Å². The van der Waals surface area contributed by atoms with Crippen LogP contribution in [0.4, 0.5) is 0 Å². The van der Waals surface area contributed by atoms with Gasteiger partial charge in [0, 0.05) is 13.0 Å². The Morgan fingerprint density at radius 2 is 2.35 bits per heavy atom. The molecule has 1 aliphatic heterocycles. The fourth-order valence-electron chi connectivity index (χ4n) is 2.90. The largest absolute Gasteiger partial charge is 0.477 e. The predicted molar refractivity (Wildman–Crippen MR) is 73.9 cm³/mol. The van der Waals surface area contributed by atoms with E-state index in [1.54, 1.807) is 18.2 Å². The lowest BCUT2D eigenvalue weighted by atomic mass is 9.95. The third-order valence-electron chi connectivity index (χ3n) is 3.82. The third-order valence-corrected chi connectivity index (χ3v) is 3.82. The van der Waals surface area contributed by atoms with E-state index < -0.39 is 5.97 Å². The van der Waals surface area contributed by atoms with Crippen LogP contribution in [-0.4, -0.2) is 50.7 Å². The molecular formula is C14H18N4O2. The predicted octanol–water partition coefficient (Wildman–Crippen LogP) is 1.31. The number of nitrogens with zero attached hydrogens (tertiary/aromatic N) is 4. The van der Waals surface area contributed by atoms with Crippen molar-refractivity contribution in [3.8, 4) is 0 Å². The minimum Gasteiger partial charge on any atom is -0.477 e. The molecule has 6 heteroatoms. The normalized spacial score (nSPS) is 20.4. The molecule has 6 nitrogen and oxygen atoms in total. The lowest BCUT2D eigenvalue weighted by Gasteiger charge is -2.28. The molecule has 0 aliphatic carbocycles. The molecule has 3 heterocycles. The number of aromatic carboxylic acids is 1. The van der Waals surface area contributed by atoms with Crippen LogP contribution in [0.25, 0.3) is 5.65 Å². The summed E-state index contributed by atoms with van der Waals surface area (Å²) in [6.45, 7) is 2.21. The number of aromatic nitrogens is 3. The molecule has 20 heavy (non-hydrogen) atoms. The molecule has 106 valence electrons. The molecule has 2 aromatic heterocycles. The van der Waals surface area contributed by atoms with Gasteiger partial charge in [-0.3, -0.25) is 0 Å². The Morgan fingerprint density at radius 3 is 3.10 bits per heavy atom. The Balaban J connectivity index is 1.85. The summed E-state index contributed by atoms with van der Waals surface area (Å²) < 4.78 is 1.42. The number of hydrogen-bond donors (Lipinski definition) is 1. The molecule has 0 spiro atoms. The van der Waals surface area contributed by atoms with Gasteiger partial charge in [0.15, 0.2) is 17.2 Å². The third kappa shape index (κ3) is 2.51. The second-order valence-electron chi connectivity index (χ2n) is 5.49. The summed E-state index contributed by atoms with van der Waals surface area (Å²) in [5, 5.41) is 13.5. The minimum atomic E-state index is -0.982. The highest BCUT2D eigenvalue weighted by Gasteiger charge is 2.20. The second kappa shape index (κ2) is 5.20. The summed E-state index contributed by atoms with van der Waals surface area (Å²) in [5.74, 6) is 0.308. The van der Waals surface area contributed by atoms with E-state index in [9.17, 15) is 4.79 Å². The van der Waals surface area contributed by atoms with E-state index in [1.165, 1.54) is 17.4 Å². The highest BCUT2D eigenvalue weighted by Crippen LogP contribution is 2.19. The molecule has 1 atom stereocenters. The van der Waals surface area contributed by atoms with Gasteiger partial charge in [0.05, 0.1) is 0 Å². The fourth-order valence-corrected chi connectivity index (χ4v) is 2.90. The van der Waals surface area contributed by atoms with Crippen molar-refractivity contribution < 1.29 is 9.90 Å². The van der Waals surface area contributed by atoms with Crippen LogP contribution in [0.5, 0.6) is 0 Å². The smallest absolute Gasteiger partial charge is 0.354 e. The molecule has 1 fully saturated rings. The molecule has 1 saturated heterocycles. The average molecular weight is 274 g/mol. The van der Waals surface area contributed by atoms with Gasteiger partial charge < -0.3 is 10.0 Å². The number of carbonyl (C=O) groups is 1. The second-order valence-corrected chi connectivity index (χ2v) is 5.49. The summed E-state index contributed by atoms with van der Waals surface area (Å²) in [4.78, 5) is 17.9. The number of carboxylic acids is 1. The molecule has 0 aromatic carbocycles. The first kappa shape index (κ1) is 13.1. The van der Waals surface area contributed by atoms with Gasteiger partial charge in [0.1, 0.15) is 0 Å². The molecule has 2 aromatic rings. The zero-order chi connectivity index (χ0) is 14.1. The molecule has 0 bridgehead atoms. The molecule has 1 N–H and O–H groups in total. The van der Waals surface area contributed by atoms with E-state index in [1.807, 2.05) is 0 Å². The van der Waals surface area contributed by atoms with Crippen molar-refractivity contribution in [1.29, 1.82) is 0 Å². The van der Waals surface area contributed by atoms with Crippen LogP contribution in [0, 0.1) is 5.92 Å². The number of hydrogen-bond acceptors (Lipinski definition) is 4. The van der Waals surface area contributed by atoms with Crippen LogP contribution < -0.4 is 0 Å². The molecule has 0 radical (unpaired) electrons. The van der Waals surface area contributed by atoms with Crippen molar-refractivity contribution >= 4 is 11.6 Å². The van der Waals surface area contributed by atoms with Crippen LogP contribution in [0.3, 0.4) is 0 Å². The number of piperidine rings is 1. The van der Waals surface area contributed by atoms with Crippen LogP contribution in [0.1, 0.15) is 29.2 Å². The molecule has 0 saturated carbocycles. The molecular weight excluding hydrogens is 256 g/mol. The highest BCUT2D eigenvalue weighted by atomic mass is 16.4. The Kier molecular flexibility index (Phi) is 3.40. The fraction of sp³-hybridized carbons (Fsp3) is 0.500. The number of fused-ring (bicyclic) bond motifs is 1. The average Bonchev–Trinajstić information content (AvgIpc) is 2.80. The highest BCUT2D eigenvalue weighted by molar-refractivity contribution is 5.86. The first-order valence-corrected chi connectivity index (χ1v) is 6.90. The summed E-state index contributed by atoms with van der Waals surface area (Å²) in [5.41, 5.74) is 0.756. The van der Waals surface area contributed by atoms with Gasteiger partial charge in [0.25, 0.3) is 0 Å². The van der Waals surface area contributed by atoms with E-state index in [4.69, 9.17) is 5.11 Å². The monoisotopic (exact) mass is 274 g/mol. The topological polar surface area (TPSA) is 70.7 Å². The van der Waals surface area contributed by atoms with Gasteiger partial charge in [-0.05, 0) is 44.5 Å².